The molecule has 2 aromatic rings. The fraction of sp³-hybridized carbons (Fsp3) is 0.278. The number of fused-ring (bicyclic) bond motifs is 1. The van der Waals surface area contributed by atoms with Crippen molar-refractivity contribution in [3.8, 4) is 11.5 Å². The summed E-state index contributed by atoms with van der Waals surface area (Å²) in [5, 5.41) is 21.4. The van der Waals surface area contributed by atoms with Gasteiger partial charge in [0.05, 0.1) is 11.0 Å². The molecule has 0 unspecified atom stereocenters. The Bertz CT molecular complexity index is 815. The maximum absolute atomic E-state index is 11.4. The molecule has 1 N–H and O–H groups in total. The minimum Gasteiger partial charge on any atom is -0.450 e. The second-order valence-corrected chi connectivity index (χ2v) is 5.83. The number of carbonyl (C=O) groups is 1. The molecular formula is C18H17NO5. The molecule has 0 heterocycles. The van der Waals surface area contributed by atoms with Crippen LogP contribution in [-0.2, 0) is 6.42 Å². The first-order chi connectivity index (χ1) is 11.5. The molecule has 1 atom stereocenters. The lowest BCUT2D eigenvalue weighted by Gasteiger charge is -2.23. The van der Waals surface area contributed by atoms with Crippen LogP contribution in [0.15, 0.2) is 36.4 Å². The van der Waals surface area contributed by atoms with E-state index in [1.807, 2.05) is 6.07 Å². The predicted molar refractivity (Wildman–Crippen MR) is 87.5 cm³/mol. The summed E-state index contributed by atoms with van der Waals surface area (Å²) < 4.78 is 5.79. The van der Waals surface area contributed by atoms with Gasteiger partial charge in [-0.25, -0.2) is 0 Å². The fourth-order valence-corrected chi connectivity index (χ4v) is 2.97. The van der Waals surface area contributed by atoms with Crippen LogP contribution in [0.2, 0.25) is 0 Å². The lowest BCUT2D eigenvalue weighted by molar-refractivity contribution is -0.385. The van der Waals surface area contributed by atoms with Gasteiger partial charge in [0.2, 0.25) is 5.75 Å². The number of aliphatic hydroxyl groups excluding tert-OH is 1. The highest BCUT2D eigenvalue weighted by Gasteiger charge is 2.23. The monoisotopic (exact) mass is 327 g/mol. The molecule has 1 aliphatic carbocycles. The first-order valence-corrected chi connectivity index (χ1v) is 7.74. The van der Waals surface area contributed by atoms with Gasteiger partial charge in [-0.2, -0.15) is 0 Å². The number of nitrogens with zero attached hydrogens (tertiary/aromatic N) is 1. The predicted octanol–water partition coefficient (Wildman–Crippen LogP) is 3.96. The van der Waals surface area contributed by atoms with E-state index in [-0.39, 0.29) is 22.8 Å². The standard InChI is InChI=1S/C18H17NO5/c1-11(20)12-8-9-18(15(10-12)19(22)23)24-17-7-3-4-13-14(17)5-2-6-16(13)21/h3-4,7-10,16,21H,2,5-6H2,1H3/t16-/m0/s1. The first-order valence-electron chi connectivity index (χ1n) is 7.74. The number of benzene rings is 2. The van der Waals surface area contributed by atoms with Crippen LogP contribution in [0.5, 0.6) is 11.5 Å². The molecule has 0 amide bonds. The maximum atomic E-state index is 11.4. The molecule has 6 heteroatoms. The molecule has 0 saturated carbocycles. The van der Waals surface area contributed by atoms with Gasteiger partial charge in [-0.05, 0) is 49.9 Å². The normalized spacial score (nSPS) is 16.3. The summed E-state index contributed by atoms with van der Waals surface area (Å²) in [6.45, 7) is 1.36. The molecule has 0 radical (unpaired) electrons. The van der Waals surface area contributed by atoms with E-state index in [1.54, 1.807) is 12.1 Å². The van der Waals surface area contributed by atoms with Crippen LogP contribution >= 0.6 is 0 Å². The molecule has 2 aromatic carbocycles. The lowest BCUT2D eigenvalue weighted by atomic mass is 9.89. The highest BCUT2D eigenvalue weighted by molar-refractivity contribution is 5.95. The minimum atomic E-state index is -0.563. The summed E-state index contributed by atoms with van der Waals surface area (Å²) in [7, 11) is 0. The Kier molecular flexibility index (Phi) is 4.31. The average Bonchev–Trinajstić information content (AvgIpc) is 2.56. The van der Waals surface area contributed by atoms with Gasteiger partial charge in [0.15, 0.2) is 5.78 Å². The van der Waals surface area contributed by atoms with Crippen LogP contribution in [0.25, 0.3) is 0 Å². The van der Waals surface area contributed by atoms with E-state index in [1.165, 1.54) is 25.1 Å². The first kappa shape index (κ1) is 16.1. The van der Waals surface area contributed by atoms with E-state index in [0.717, 1.165) is 24.0 Å². The number of ether oxygens (including phenoxy) is 1. The summed E-state index contributed by atoms with van der Waals surface area (Å²) in [5.74, 6) is 0.341. The second-order valence-electron chi connectivity index (χ2n) is 5.83. The van der Waals surface area contributed by atoms with E-state index < -0.39 is 11.0 Å². The number of carbonyl (C=O) groups excluding carboxylic acids is 1. The zero-order chi connectivity index (χ0) is 17.3. The third kappa shape index (κ3) is 3.00. The molecular weight excluding hydrogens is 310 g/mol. The molecule has 0 saturated heterocycles. The molecule has 24 heavy (non-hydrogen) atoms. The number of nitro benzene ring substituents is 1. The van der Waals surface area contributed by atoms with E-state index in [2.05, 4.69) is 0 Å². The zero-order valence-electron chi connectivity index (χ0n) is 13.2. The van der Waals surface area contributed by atoms with Crippen molar-refractivity contribution >= 4 is 11.5 Å². The molecule has 0 aliphatic heterocycles. The Morgan fingerprint density at radius 2 is 2.08 bits per heavy atom. The zero-order valence-corrected chi connectivity index (χ0v) is 13.2. The fourth-order valence-electron chi connectivity index (χ4n) is 2.97. The quantitative estimate of drug-likeness (QED) is 0.521. The molecule has 0 spiro atoms. The second kappa shape index (κ2) is 6.41. The Labute approximate surface area is 138 Å². The van der Waals surface area contributed by atoms with Gasteiger partial charge in [-0.15, -0.1) is 0 Å². The third-order valence-corrected chi connectivity index (χ3v) is 4.21. The van der Waals surface area contributed by atoms with Crippen LogP contribution in [0.1, 0.15) is 47.4 Å². The summed E-state index contributed by atoms with van der Waals surface area (Å²) in [4.78, 5) is 22.2. The summed E-state index contributed by atoms with van der Waals surface area (Å²) in [5.41, 5.74) is 1.69. The summed E-state index contributed by atoms with van der Waals surface area (Å²) >= 11 is 0. The van der Waals surface area contributed by atoms with Crippen molar-refractivity contribution in [3.63, 3.8) is 0 Å². The Balaban J connectivity index is 2.02. The Morgan fingerprint density at radius 3 is 2.79 bits per heavy atom. The third-order valence-electron chi connectivity index (χ3n) is 4.21. The van der Waals surface area contributed by atoms with E-state index in [0.29, 0.717) is 12.2 Å². The highest BCUT2D eigenvalue weighted by atomic mass is 16.6. The van der Waals surface area contributed by atoms with Crippen molar-refractivity contribution in [2.45, 2.75) is 32.3 Å². The van der Waals surface area contributed by atoms with Crippen LogP contribution < -0.4 is 4.74 Å². The van der Waals surface area contributed by atoms with Crippen LogP contribution in [0, 0.1) is 10.1 Å². The van der Waals surface area contributed by atoms with E-state index in [9.17, 15) is 20.0 Å². The molecule has 0 bridgehead atoms. The van der Waals surface area contributed by atoms with Crippen LogP contribution in [0.3, 0.4) is 0 Å². The van der Waals surface area contributed by atoms with Crippen molar-refractivity contribution in [1.82, 2.24) is 0 Å². The van der Waals surface area contributed by atoms with Crippen molar-refractivity contribution in [3.05, 3.63) is 63.2 Å². The molecule has 0 fully saturated rings. The molecule has 1 aliphatic rings. The van der Waals surface area contributed by atoms with Crippen molar-refractivity contribution < 1.29 is 19.6 Å². The number of Topliss-reactive ketones (excluding diaryl/α,β-unsaturated/α-hetero) is 1. The molecule has 3 rings (SSSR count). The van der Waals surface area contributed by atoms with Gasteiger partial charge in [0, 0.05) is 17.2 Å². The number of ketones is 1. The van der Waals surface area contributed by atoms with Gasteiger partial charge in [0.1, 0.15) is 5.75 Å². The van der Waals surface area contributed by atoms with Crippen molar-refractivity contribution in [2.24, 2.45) is 0 Å². The van der Waals surface area contributed by atoms with Crippen LogP contribution in [-0.4, -0.2) is 15.8 Å². The van der Waals surface area contributed by atoms with Gasteiger partial charge < -0.3 is 9.84 Å². The number of nitro groups is 1. The highest BCUT2D eigenvalue weighted by Crippen LogP contribution is 2.39. The molecule has 124 valence electrons. The summed E-state index contributed by atoms with van der Waals surface area (Å²) in [6.07, 6.45) is 1.75. The van der Waals surface area contributed by atoms with Gasteiger partial charge in [-0.1, -0.05) is 12.1 Å². The number of hydrogen-bond donors (Lipinski definition) is 1. The van der Waals surface area contributed by atoms with E-state index >= 15 is 0 Å². The Hall–Kier alpha value is -2.73. The van der Waals surface area contributed by atoms with Crippen molar-refractivity contribution in [2.75, 3.05) is 0 Å². The number of aliphatic hydroxyl groups is 1. The maximum Gasteiger partial charge on any atom is 0.312 e. The average molecular weight is 327 g/mol. The molecule has 6 nitrogen and oxygen atoms in total. The van der Waals surface area contributed by atoms with Crippen molar-refractivity contribution in [1.29, 1.82) is 0 Å². The smallest absolute Gasteiger partial charge is 0.312 e. The van der Waals surface area contributed by atoms with Gasteiger partial charge >= 0.3 is 5.69 Å². The van der Waals surface area contributed by atoms with Gasteiger partial charge in [-0.3, -0.25) is 14.9 Å². The summed E-state index contributed by atoms with van der Waals surface area (Å²) in [6, 6.07) is 9.52. The minimum absolute atomic E-state index is 0.0819. The largest absolute Gasteiger partial charge is 0.450 e. The number of hydrogen-bond acceptors (Lipinski definition) is 5. The van der Waals surface area contributed by atoms with Crippen LogP contribution in [0.4, 0.5) is 5.69 Å². The number of rotatable bonds is 4. The lowest BCUT2D eigenvalue weighted by Crippen LogP contribution is -2.10. The SMILES string of the molecule is CC(=O)c1ccc(Oc2cccc3c2CCC[C@@H]3O)c([N+](=O)[O-])c1. The topological polar surface area (TPSA) is 89.7 Å². The molecule has 0 aromatic heterocycles. The Morgan fingerprint density at radius 1 is 1.29 bits per heavy atom. The van der Waals surface area contributed by atoms with Gasteiger partial charge in [0.25, 0.3) is 0 Å². The van der Waals surface area contributed by atoms with E-state index in [4.69, 9.17) is 4.74 Å².